The first-order chi connectivity index (χ1) is 5.61. The minimum Gasteiger partial charge on any atom is -0.464 e. The number of ether oxygens (including phenoxy) is 1. The Morgan fingerprint density at radius 3 is 2.92 bits per heavy atom. The second-order valence-corrected chi connectivity index (χ2v) is 3.47. The third-order valence-corrected chi connectivity index (χ3v) is 2.60. The molecule has 68 valence electrons. The minimum absolute atomic E-state index is 0.221. The van der Waals surface area contributed by atoms with Crippen molar-refractivity contribution in [1.82, 2.24) is 4.90 Å². The van der Waals surface area contributed by atoms with Crippen LogP contribution in [0.3, 0.4) is 0 Å². The number of rotatable bonds is 2. The number of likely N-dealkylation sites (tertiary alicyclic amines) is 1. The molecule has 0 N–H and O–H groups in total. The number of carbonyl (C=O) groups excluding carboxylic acids is 1. The summed E-state index contributed by atoms with van der Waals surface area (Å²) in [5.41, 5.74) is 0. The van der Waals surface area contributed by atoms with E-state index in [1.54, 1.807) is 0 Å². The number of thiocarbonyl (C=S) groups is 1. The normalized spacial score (nSPS) is 23.0. The van der Waals surface area contributed by atoms with Crippen LogP contribution < -0.4 is 0 Å². The number of hydrogen-bond donors (Lipinski definition) is 0. The highest BCUT2D eigenvalue weighted by molar-refractivity contribution is 7.80. The Bertz CT molecular complexity index is 205. The molecular weight excluding hydrogens is 174 g/mol. The Morgan fingerprint density at radius 2 is 2.50 bits per heavy atom. The van der Waals surface area contributed by atoms with Gasteiger partial charge in [-0.2, -0.15) is 0 Å². The summed E-state index contributed by atoms with van der Waals surface area (Å²) in [5, 5.41) is 0. The quantitative estimate of drug-likeness (QED) is 0.476. The van der Waals surface area contributed by atoms with Crippen LogP contribution in [-0.4, -0.2) is 35.6 Å². The van der Waals surface area contributed by atoms with Crippen LogP contribution in [0.5, 0.6) is 0 Å². The zero-order valence-electron chi connectivity index (χ0n) is 7.37. The van der Waals surface area contributed by atoms with Gasteiger partial charge in [-0.05, 0) is 12.8 Å². The van der Waals surface area contributed by atoms with Crippen molar-refractivity contribution < 1.29 is 9.53 Å². The Kier molecular flexibility index (Phi) is 3.03. The lowest BCUT2D eigenvalue weighted by molar-refractivity contribution is -0.142. The van der Waals surface area contributed by atoms with Gasteiger partial charge < -0.3 is 9.64 Å². The molecule has 1 aliphatic rings. The fourth-order valence-corrected chi connectivity index (χ4v) is 1.54. The summed E-state index contributed by atoms with van der Waals surface area (Å²) in [4.78, 5) is 13.5. The third-order valence-electron chi connectivity index (χ3n) is 2.11. The van der Waals surface area contributed by atoms with E-state index in [-0.39, 0.29) is 5.97 Å². The summed E-state index contributed by atoms with van der Waals surface area (Å²) < 4.78 is 4.90. The van der Waals surface area contributed by atoms with Gasteiger partial charge in [0.2, 0.25) is 0 Å². The smallest absolute Gasteiger partial charge is 0.302 e. The van der Waals surface area contributed by atoms with E-state index in [9.17, 15) is 4.79 Å². The van der Waals surface area contributed by atoms with Crippen LogP contribution in [0.2, 0.25) is 0 Å². The van der Waals surface area contributed by atoms with E-state index < -0.39 is 0 Å². The van der Waals surface area contributed by atoms with Crippen molar-refractivity contribution in [2.75, 3.05) is 13.7 Å². The van der Waals surface area contributed by atoms with E-state index in [0.29, 0.717) is 12.6 Å². The van der Waals surface area contributed by atoms with Crippen LogP contribution in [0.25, 0.3) is 0 Å². The molecule has 0 aromatic rings. The minimum atomic E-state index is -0.221. The molecule has 3 nitrogen and oxygen atoms in total. The van der Waals surface area contributed by atoms with Crippen molar-refractivity contribution in [2.45, 2.75) is 25.8 Å². The lowest BCUT2D eigenvalue weighted by Crippen LogP contribution is -2.32. The second-order valence-electron chi connectivity index (χ2n) is 3.00. The Labute approximate surface area is 77.7 Å². The summed E-state index contributed by atoms with van der Waals surface area (Å²) in [7, 11) is 1.95. The highest BCUT2D eigenvalue weighted by Crippen LogP contribution is 2.17. The monoisotopic (exact) mass is 187 g/mol. The number of nitrogens with zero attached hydrogens (tertiary/aromatic N) is 1. The molecule has 0 spiro atoms. The van der Waals surface area contributed by atoms with Gasteiger partial charge >= 0.3 is 5.97 Å². The predicted octanol–water partition coefficient (Wildman–Crippen LogP) is 0.971. The van der Waals surface area contributed by atoms with E-state index in [2.05, 4.69) is 0 Å². The van der Waals surface area contributed by atoms with Gasteiger partial charge in [-0.15, -0.1) is 0 Å². The Balaban J connectivity index is 2.34. The third kappa shape index (κ3) is 2.17. The lowest BCUT2D eigenvalue weighted by atomic mass is 10.2. The maximum Gasteiger partial charge on any atom is 0.302 e. The second kappa shape index (κ2) is 3.85. The molecule has 1 aliphatic heterocycles. The highest BCUT2D eigenvalue weighted by atomic mass is 32.1. The van der Waals surface area contributed by atoms with Crippen molar-refractivity contribution in [2.24, 2.45) is 0 Å². The summed E-state index contributed by atoms with van der Waals surface area (Å²) >= 11 is 5.08. The van der Waals surface area contributed by atoms with Crippen molar-refractivity contribution in [3.8, 4) is 0 Å². The number of hydrogen-bond acceptors (Lipinski definition) is 3. The molecule has 0 radical (unpaired) electrons. The first-order valence-corrected chi connectivity index (χ1v) is 4.41. The van der Waals surface area contributed by atoms with Crippen LogP contribution >= 0.6 is 12.2 Å². The predicted molar refractivity (Wildman–Crippen MR) is 50.0 cm³/mol. The van der Waals surface area contributed by atoms with Crippen LogP contribution in [0, 0.1) is 0 Å². The van der Waals surface area contributed by atoms with Crippen LogP contribution in [0.15, 0.2) is 0 Å². The molecule has 0 aromatic heterocycles. The zero-order chi connectivity index (χ0) is 9.14. The average molecular weight is 187 g/mol. The molecule has 0 bridgehead atoms. The van der Waals surface area contributed by atoms with Gasteiger partial charge in [-0.3, -0.25) is 4.79 Å². The first kappa shape index (κ1) is 9.45. The van der Waals surface area contributed by atoms with Gasteiger partial charge in [0.05, 0.1) is 11.0 Å². The molecule has 12 heavy (non-hydrogen) atoms. The number of esters is 1. The van der Waals surface area contributed by atoms with Gasteiger partial charge in [0.1, 0.15) is 6.61 Å². The molecule has 0 amide bonds. The van der Waals surface area contributed by atoms with Crippen LogP contribution in [0.1, 0.15) is 19.8 Å². The van der Waals surface area contributed by atoms with Crippen molar-refractivity contribution >= 4 is 23.2 Å². The first-order valence-electron chi connectivity index (χ1n) is 4.00. The van der Waals surface area contributed by atoms with Gasteiger partial charge in [-0.1, -0.05) is 12.2 Å². The molecule has 1 heterocycles. The molecule has 1 fully saturated rings. The Morgan fingerprint density at radius 1 is 1.83 bits per heavy atom. The van der Waals surface area contributed by atoms with Crippen molar-refractivity contribution in [3.63, 3.8) is 0 Å². The summed E-state index contributed by atoms with van der Waals surface area (Å²) in [6.07, 6.45) is 1.94. The van der Waals surface area contributed by atoms with Crippen LogP contribution in [0.4, 0.5) is 0 Å². The molecular formula is C8H13NO2S. The van der Waals surface area contributed by atoms with E-state index >= 15 is 0 Å². The molecule has 0 saturated carbocycles. The molecule has 1 rings (SSSR count). The van der Waals surface area contributed by atoms with Gasteiger partial charge in [0, 0.05) is 14.0 Å². The maximum absolute atomic E-state index is 10.5. The standard InChI is InChI=1S/C8H13NO2S/c1-6(10)11-5-7-3-4-8(12)9(7)2/h7H,3-5H2,1-2H3/t7-/m0/s1. The van der Waals surface area contributed by atoms with Crippen molar-refractivity contribution in [1.29, 1.82) is 0 Å². The molecule has 0 aromatic carbocycles. The highest BCUT2D eigenvalue weighted by Gasteiger charge is 2.25. The van der Waals surface area contributed by atoms with Crippen LogP contribution in [-0.2, 0) is 9.53 Å². The van der Waals surface area contributed by atoms with Gasteiger partial charge in [0.25, 0.3) is 0 Å². The van der Waals surface area contributed by atoms with Crippen molar-refractivity contribution in [3.05, 3.63) is 0 Å². The summed E-state index contributed by atoms with van der Waals surface area (Å²) in [6, 6.07) is 0.293. The van der Waals surface area contributed by atoms with E-state index in [4.69, 9.17) is 17.0 Å². The Hall–Kier alpha value is -0.640. The summed E-state index contributed by atoms with van der Waals surface area (Å²) in [6.45, 7) is 1.89. The summed E-state index contributed by atoms with van der Waals surface area (Å²) in [5.74, 6) is -0.221. The average Bonchev–Trinajstić information content (AvgIpc) is 2.30. The lowest BCUT2D eigenvalue weighted by Gasteiger charge is -2.20. The fraction of sp³-hybridized carbons (Fsp3) is 0.750. The number of carbonyl (C=O) groups is 1. The zero-order valence-corrected chi connectivity index (χ0v) is 8.19. The molecule has 0 unspecified atom stereocenters. The topological polar surface area (TPSA) is 29.5 Å². The van der Waals surface area contributed by atoms with E-state index in [0.717, 1.165) is 17.8 Å². The largest absolute Gasteiger partial charge is 0.464 e. The van der Waals surface area contributed by atoms with E-state index in [1.807, 2.05) is 11.9 Å². The fourth-order valence-electron chi connectivity index (χ4n) is 1.27. The molecule has 4 heteroatoms. The molecule has 1 atom stereocenters. The maximum atomic E-state index is 10.5. The molecule has 1 saturated heterocycles. The SMILES string of the molecule is CC(=O)OC[C@@H]1CCC(=S)N1C. The van der Waals surface area contributed by atoms with E-state index in [1.165, 1.54) is 6.92 Å². The number of likely N-dealkylation sites (N-methyl/N-ethyl adjacent to an activating group) is 1. The van der Waals surface area contributed by atoms with Gasteiger partial charge in [0.15, 0.2) is 0 Å². The van der Waals surface area contributed by atoms with Gasteiger partial charge in [-0.25, -0.2) is 0 Å². The molecule has 0 aliphatic carbocycles.